The highest BCUT2D eigenvalue weighted by Gasteiger charge is 2.43. The molecule has 3 N–H and O–H groups in total. The second kappa shape index (κ2) is 11.3. The van der Waals surface area contributed by atoms with E-state index < -0.39 is 41.6 Å². The Morgan fingerprint density at radius 1 is 1.29 bits per heavy atom. The lowest BCUT2D eigenvalue weighted by molar-refractivity contribution is -0.173. The fraction of sp³-hybridized carbons (Fsp3) is 0.500. The SMILES string of the molecule is CC1CCN(C(=O)C(COC2=CC=CCC2C(F)(F)F)NS(=O)c2cc(Cl)c(N)c(Cl)c2)CC1. The molecular weight excluding hydrogens is 514 g/mol. The summed E-state index contributed by atoms with van der Waals surface area (Å²) in [6, 6.07) is 1.54. The molecule has 1 saturated heterocycles. The molecular formula is C22H26Cl2F3N3O3S. The molecule has 34 heavy (non-hydrogen) atoms. The second-order valence-electron chi connectivity index (χ2n) is 8.39. The smallest absolute Gasteiger partial charge is 0.399 e. The Morgan fingerprint density at radius 3 is 2.50 bits per heavy atom. The van der Waals surface area contributed by atoms with Crippen LogP contribution in [0.3, 0.4) is 0 Å². The summed E-state index contributed by atoms with van der Waals surface area (Å²) < 4.78 is 61.4. The van der Waals surface area contributed by atoms with Gasteiger partial charge in [0.2, 0.25) is 5.91 Å². The molecule has 0 saturated carbocycles. The van der Waals surface area contributed by atoms with Crippen molar-refractivity contribution in [2.24, 2.45) is 11.8 Å². The fourth-order valence-corrected chi connectivity index (χ4v) is 5.33. The molecule has 0 radical (unpaired) electrons. The van der Waals surface area contributed by atoms with Crippen molar-refractivity contribution in [3.63, 3.8) is 0 Å². The zero-order valence-electron chi connectivity index (χ0n) is 18.4. The average molecular weight is 540 g/mol. The third-order valence-electron chi connectivity index (χ3n) is 5.83. The van der Waals surface area contributed by atoms with Crippen LogP contribution in [0.5, 0.6) is 0 Å². The van der Waals surface area contributed by atoms with Crippen LogP contribution < -0.4 is 10.5 Å². The van der Waals surface area contributed by atoms with E-state index in [-0.39, 0.29) is 32.8 Å². The number of allylic oxidation sites excluding steroid dienone is 4. The van der Waals surface area contributed by atoms with Crippen molar-refractivity contribution >= 4 is 45.8 Å². The van der Waals surface area contributed by atoms with E-state index in [1.54, 1.807) is 4.90 Å². The molecule has 6 nitrogen and oxygen atoms in total. The number of nitrogen functional groups attached to an aromatic ring is 1. The van der Waals surface area contributed by atoms with Gasteiger partial charge in [-0.15, -0.1) is 0 Å². The van der Waals surface area contributed by atoms with Crippen molar-refractivity contribution in [1.29, 1.82) is 0 Å². The minimum absolute atomic E-state index is 0.0916. The van der Waals surface area contributed by atoms with E-state index in [0.717, 1.165) is 12.8 Å². The van der Waals surface area contributed by atoms with Gasteiger partial charge in [0.15, 0.2) is 0 Å². The van der Waals surface area contributed by atoms with E-state index in [9.17, 15) is 22.2 Å². The summed E-state index contributed by atoms with van der Waals surface area (Å²) in [4.78, 5) is 15.0. The van der Waals surface area contributed by atoms with Gasteiger partial charge in [0.1, 0.15) is 35.3 Å². The van der Waals surface area contributed by atoms with Crippen LogP contribution in [0.1, 0.15) is 26.2 Å². The Balaban J connectivity index is 1.79. The van der Waals surface area contributed by atoms with Gasteiger partial charge >= 0.3 is 6.18 Å². The first-order valence-corrected chi connectivity index (χ1v) is 12.7. The van der Waals surface area contributed by atoms with Crippen LogP contribution >= 0.6 is 23.2 Å². The van der Waals surface area contributed by atoms with E-state index in [0.29, 0.717) is 19.0 Å². The molecule has 3 unspecified atom stereocenters. The minimum Gasteiger partial charge on any atom is -0.495 e. The number of carbonyl (C=O) groups excluding carboxylic acids is 1. The lowest BCUT2D eigenvalue weighted by Crippen LogP contribution is -2.51. The molecule has 188 valence electrons. The first kappa shape index (κ1) is 26.8. The van der Waals surface area contributed by atoms with Crippen molar-refractivity contribution in [3.05, 3.63) is 46.2 Å². The topological polar surface area (TPSA) is 84.7 Å². The van der Waals surface area contributed by atoms with Crippen LogP contribution in [0.15, 0.2) is 41.0 Å². The number of ether oxygens (including phenoxy) is 1. The van der Waals surface area contributed by atoms with Gasteiger partial charge in [-0.3, -0.25) is 4.79 Å². The largest absolute Gasteiger partial charge is 0.495 e. The van der Waals surface area contributed by atoms with Crippen LogP contribution in [0.25, 0.3) is 0 Å². The molecule has 1 aromatic rings. The Morgan fingerprint density at radius 2 is 1.91 bits per heavy atom. The molecule has 1 aliphatic heterocycles. The van der Waals surface area contributed by atoms with Crippen molar-refractivity contribution < 1.29 is 26.9 Å². The maximum absolute atomic E-state index is 13.4. The molecule has 0 bridgehead atoms. The number of hydrogen-bond acceptors (Lipinski definition) is 4. The van der Waals surface area contributed by atoms with Crippen LogP contribution in [-0.4, -0.2) is 46.9 Å². The van der Waals surface area contributed by atoms with Gasteiger partial charge in [0.05, 0.1) is 20.6 Å². The van der Waals surface area contributed by atoms with E-state index >= 15 is 0 Å². The molecule has 0 spiro atoms. The molecule has 1 fully saturated rings. The quantitative estimate of drug-likeness (QED) is 0.485. The minimum atomic E-state index is -4.49. The summed E-state index contributed by atoms with van der Waals surface area (Å²) in [6.07, 6.45) is 0.985. The standard InChI is InChI=1S/C22H26Cl2F3N3O3S/c1-13-6-8-30(9-7-13)21(31)18(12-33-19-5-3-2-4-15(19)22(25,26)27)29-34(32)14-10-16(23)20(28)17(24)11-14/h2-3,5,10-11,13,15,18,29H,4,6-9,12,28H2,1H3. The summed E-state index contributed by atoms with van der Waals surface area (Å²) in [7, 11) is -1.96. The van der Waals surface area contributed by atoms with E-state index in [1.165, 1.54) is 30.4 Å². The summed E-state index contributed by atoms with van der Waals surface area (Å²) in [5.74, 6) is -2.02. The Labute approximate surface area is 208 Å². The Hall–Kier alpha value is -1.75. The Kier molecular flexibility index (Phi) is 8.94. The maximum atomic E-state index is 13.4. The molecule has 1 aliphatic carbocycles. The number of piperidine rings is 1. The fourth-order valence-electron chi connectivity index (χ4n) is 3.70. The average Bonchev–Trinajstić information content (AvgIpc) is 2.79. The number of benzene rings is 1. The molecule has 0 aromatic heterocycles. The predicted octanol–water partition coefficient (Wildman–Crippen LogP) is 4.85. The van der Waals surface area contributed by atoms with Gasteiger partial charge in [-0.05, 0) is 43.4 Å². The molecule has 3 rings (SSSR count). The number of hydrogen-bond donors (Lipinski definition) is 2. The number of nitrogens with two attached hydrogens (primary N) is 1. The number of alkyl halides is 3. The molecule has 2 aliphatic rings. The number of nitrogens with zero attached hydrogens (tertiary/aromatic N) is 1. The van der Waals surface area contributed by atoms with Crippen LogP contribution in [0.4, 0.5) is 18.9 Å². The second-order valence-corrected chi connectivity index (χ2v) is 10.4. The number of amides is 1. The number of anilines is 1. The van der Waals surface area contributed by atoms with Crippen LogP contribution in [-0.2, 0) is 20.5 Å². The summed E-state index contributed by atoms with van der Waals surface area (Å²) in [5, 5.41) is 0.183. The lowest BCUT2D eigenvalue weighted by Gasteiger charge is -2.33. The van der Waals surface area contributed by atoms with Gasteiger partial charge in [0, 0.05) is 13.1 Å². The number of nitrogens with one attached hydrogen (secondary N) is 1. The first-order valence-electron chi connectivity index (χ1n) is 10.7. The zero-order valence-corrected chi connectivity index (χ0v) is 20.7. The number of carbonyl (C=O) groups is 1. The van der Waals surface area contributed by atoms with Gasteiger partial charge in [-0.2, -0.15) is 13.2 Å². The summed E-state index contributed by atoms with van der Waals surface area (Å²) >= 11 is 12.1. The molecule has 1 amide bonds. The normalized spacial score (nSPS) is 21.2. The van der Waals surface area contributed by atoms with Crippen molar-refractivity contribution in [2.75, 3.05) is 25.4 Å². The Bertz CT molecular complexity index is 972. The molecule has 1 aromatic carbocycles. The maximum Gasteiger partial charge on any atom is 0.399 e. The summed E-state index contributed by atoms with van der Waals surface area (Å²) in [5.41, 5.74) is 5.84. The van der Waals surface area contributed by atoms with E-state index in [1.807, 2.05) is 0 Å². The number of rotatable bonds is 7. The van der Waals surface area contributed by atoms with Crippen molar-refractivity contribution in [2.45, 2.75) is 43.3 Å². The van der Waals surface area contributed by atoms with Crippen LogP contribution in [0, 0.1) is 11.8 Å². The predicted molar refractivity (Wildman–Crippen MR) is 127 cm³/mol. The first-order chi connectivity index (χ1) is 16.0. The summed E-state index contributed by atoms with van der Waals surface area (Å²) in [6.45, 7) is 2.66. The third-order valence-corrected chi connectivity index (χ3v) is 7.62. The lowest BCUT2D eigenvalue weighted by atomic mass is 9.98. The molecule has 3 atom stereocenters. The van der Waals surface area contributed by atoms with Crippen molar-refractivity contribution in [3.8, 4) is 0 Å². The molecule has 1 heterocycles. The van der Waals surface area contributed by atoms with Crippen molar-refractivity contribution in [1.82, 2.24) is 9.62 Å². The zero-order chi connectivity index (χ0) is 25.0. The van der Waals surface area contributed by atoms with Gasteiger partial charge in [-0.25, -0.2) is 8.93 Å². The van der Waals surface area contributed by atoms with Gasteiger partial charge in [0.25, 0.3) is 0 Å². The third kappa shape index (κ3) is 6.68. The van der Waals surface area contributed by atoms with Gasteiger partial charge in [-0.1, -0.05) is 42.3 Å². The van der Waals surface area contributed by atoms with E-state index in [4.69, 9.17) is 33.7 Å². The highest BCUT2D eigenvalue weighted by molar-refractivity contribution is 7.83. The van der Waals surface area contributed by atoms with Crippen LogP contribution in [0.2, 0.25) is 10.0 Å². The van der Waals surface area contributed by atoms with Gasteiger partial charge < -0.3 is 15.4 Å². The number of likely N-dealkylation sites (tertiary alicyclic amines) is 1. The monoisotopic (exact) mass is 539 g/mol. The molecule has 12 heteroatoms. The highest BCUT2D eigenvalue weighted by atomic mass is 35.5. The number of halogens is 5. The van der Waals surface area contributed by atoms with E-state index in [2.05, 4.69) is 11.6 Å². The highest BCUT2D eigenvalue weighted by Crippen LogP contribution is 2.37.